The molecule has 0 aromatic carbocycles. The molecule has 1 unspecified atom stereocenters. The fraction of sp³-hybridized carbons (Fsp3) is 0.333. The molecule has 0 aliphatic heterocycles. The highest BCUT2D eigenvalue weighted by atomic mass is 79.9. The van der Waals surface area contributed by atoms with Crippen molar-refractivity contribution in [2.45, 2.75) is 19.4 Å². The van der Waals surface area contributed by atoms with Crippen molar-refractivity contribution in [2.75, 3.05) is 0 Å². The molecule has 2 aromatic heterocycles. The van der Waals surface area contributed by atoms with Gasteiger partial charge in [0.05, 0.1) is 8.66 Å². The van der Waals surface area contributed by atoms with Crippen molar-refractivity contribution in [3.8, 4) is 10.8 Å². The van der Waals surface area contributed by atoms with Crippen LogP contribution in [0.2, 0.25) is 0 Å². The highest BCUT2D eigenvalue weighted by Gasteiger charge is 2.15. The van der Waals surface area contributed by atoms with E-state index >= 15 is 0 Å². The summed E-state index contributed by atoms with van der Waals surface area (Å²) in [6.07, 6.45) is -0.0708. The monoisotopic (exact) mass is 288 g/mol. The number of rotatable bonds is 3. The van der Waals surface area contributed by atoms with E-state index in [1.54, 1.807) is 0 Å². The average molecular weight is 289 g/mol. The van der Waals surface area contributed by atoms with Gasteiger partial charge in [0.25, 0.3) is 5.89 Å². The van der Waals surface area contributed by atoms with E-state index in [1.807, 2.05) is 19.1 Å². The Bertz CT molecular complexity index is 454. The lowest BCUT2D eigenvalue weighted by atomic mass is 10.3. The van der Waals surface area contributed by atoms with E-state index in [2.05, 4.69) is 26.1 Å². The highest BCUT2D eigenvalue weighted by Crippen LogP contribution is 2.30. The second-order valence-electron chi connectivity index (χ2n) is 2.99. The number of hydrogen-bond donors (Lipinski definition) is 1. The van der Waals surface area contributed by atoms with Crippen molar-refractivity contribution in [3.63, 3.8) is 0 Å². The van der Waals surface area contributed by atoms with Gasteiger partial charge in [0.15, 0.2) is 0 Å². The zero-order valence-corrected chi connectivity index (χ0v) is 10.4. The summed E-state index contributed by atoms with van der Waals surface area (Å²) in [5, 5.41) is 13.2. The molecule has 15 heavy (non-hydrogen) atoms. The zero-order valence-electron chi connectivity index (χ0n) is 7.98. The predicted molar refractivity (Wildman–Crippen MR) is 60.6 cm³/mol. The lowest BCUT2D eigenvalue weighted by Gasteiger charge is -1.97. The summed E-state index contributed by atoms with van der Waals surface area (Å²) in [5.74, 6) is 0.797. The van der Waals surface area contributed by atoms with Gasteiger partial charge in [0.2, 0.25) is 5.82 Å². The first-order chi connectivity index (χ1) is 7.20. The highest BCUT2D eigenvalue weighted by molar-refractivity contribution is 9.11. The summed E-state index contributed by atoms with van der Waals surface area (Å²) in [6.45, 7) is 1.86. The molecule has 0 aliphatic carbocycles. The normalized spacial score (nSPS) is 13.0. The molecule has 4 nitrogen and oxygen atoms in total. The summed E-state index contributed by atoms with van der Waals surface area (Å²) >= 11 is 4.87. The largest absolute Gasteiger partial charge is 0.385 e. The maximum atomic E-state index is 9.50. The van der Waals surface area contributed by atoms with Crippen molar-refractivity contribution in [1.29, 1.82) is 0 Å². The molecule has 0 amide bonds. The van der Waals surface area contributed by atoms with Crippen molar-refractivity contribution < 1.29 is 9.63 Å². The first-order valence-electron chi connectivity index (χ1n) is 4.48. The third kappa shape index (κ3) is 2.27. The Labute approximate surface area is 99.1 Å². The minimum atomic E-state index is -0.647. The molecule has 1 atom stereocenters. The molecule has 2 aromatic rings. The molecule has 0 spiro atoms. The van der Waals surface area contributed by atoms with Crippen LogP contribution in [0.25, 0.3) is 10.8 Å². The number of nitrogens with zero attached hydrogens (tertiary/aromatic N) is 2. The summed E-state index contributed by atoms with van der Waals surface area (Å²) in [4.78, 5) is 5.02. The quantitative estimate of drug-likeness (QED) is 0.943. The van der Waals surface area contributed by atoms with Gasteiger partial charge in [-0.3, -0.25) is 0 Å². The van der Waals surface area contributed by atoms with Crippen LogP contribution in [0.1, 0.15) is 25.3 Å². The van der Waals surface area contributed by atoms with E-state index in [-0.39, 0.29) is 0 Å². The zero-order chi connectivity index (χ0) is 10.8. The molecular weight excluding hydrogens is 280 g/mol. The van der Waals surface area contributed by atoms with Crippen LogP contribution in [0.3, 0.4) is 0 Å². The molecule has 6 heteroatoms. The van der Waals surface area contributed by atoms with Crippen LogP contribution in [0.5, 0.6) is 0 Å². The standard InChI is InChI=1S/C9H9BrN2O2S/c1-2-5(13)8-11-9(14-12-8)6-3-4-7(10)15-6/h3-5,13H,2H2,1H3. The fourth-order valence-electron chi connectivity index (χ4n) is 1.08. The minimum absolute atomic E-state index is 0.344. The summed E-state index contributed by atoms with van der Waals surface area (Å²) < 4.78 is 6.06. The number of halogens is 1. The van der Waals surface area contributed by atoms with Crippen molar-refractivity contribution in [1.82, 2.24) is 10.1 Å². The molecular formula is C9H9BrN2O2S. The summed E-state index contributed by atoms with van der Waals surface area (Å²) in [7, 11) is 0. The topological polar surface area (TPSA) is 59.2 Å². The van der Waals surface area contributed by atoms with Gasteiger partial charge in [0.1, 0.15) is 6.10 Å². The van der Waals surface area contributed by atoms with Crippen LogP contribution in [0.15, 0.2) is 20.4 Å². The fourth-order valence-corrected chi connectivity index (χ4v) is 2.39. The number of thiophene rings is 1. The number of aliphatic hydroxyl groups excluding tert-OH is 1. The van der Waals surface area contributed by atoms with Gasteiger partial charge in [-0.05, 0) is 34.5 Å². The van der Waals surface area contributed by atoms with Gasteiger partial charge >= 0.3 is 0 Å². The molecule has 0 saturated carbocycles. The molecule has 2 rings (SSSR count). The Morgan fingerprint density at radius 1 is 1.60 bits per heavy atom. The third-order valence-electron chi connectivity index (χ3n) is 1.91. The lowest BCUT2D eigenvalue weighted by molar-refractivity contribution is 0.159. The van der Waals surface area contributed by atoms with Crippen molar-refractivity contribution in [3.05, 3.63) is 21.7 Å². The van der Waals surface area contributed by atoms with Crippen LogP contribution >= 0.6 is 27.3 Å². The second-order valence-corrected chi connectivity index (χ2v) is 5.45. The Hall–Kier alpha value is -0.720. The Morgan fingerprint density at radius 3 is 3.00 bits per heavy atom. The number of aromatic nitrogens is 2. The van der Waals surface area contributed by atoms with Gasteiger partial charge in [-0.2, -0.15) is 4.98 Å². The first-order valence-corrected chi connectivity index (χ1v) is 6.09. The molecule has 2 heterocycles. The molecule has 0 fully saturated rings. The second kappa shape index (κ2) is 4.42. The average Bonchev–Trinajstić information content (AvgIpc) is 2.84. The minimum Gasteiger partial charge on any atom is -0.385 e. The Balaban J connectivity index is 2.27. The molecule has 0 bridgehead atoms. The van der Waals surface area contributed by atoms with Crippen molar-refractivity contribution in [2.24, 2.45) is 0 Å². The first kappa shape index (κ1) is 10.8. The van der Waals surface area contributed by atoms with Crippen LogP contribution in [0.4, 0.5) is 0 Å². The van der Waals surface area contributed by atoms with Gasteiger partial charge < -0.3 is 9.63 Å². The smallest absolute Gasteiger partial charge is 0.268 e. The maximum absolute atomic E-state index is 9.50. The summed E-state index contributed by atoms with van der Waals surface area (Å²) in [6, 6.07) is 3.81. The summed E-state index contributed by atoms with van der Waals surface area (Å²) in [5.41, 5.74) is 0. The van der Waals surface area contributed by atoms with Crippen LogP contribution < -0.4 is 0 Å². The van der Waals surface area contributed by atoms with Gasteiger partial charge in [-0.25, -0.2) is 0 Å². The SMILES string of the molecule is CCC(O)c1noc(-c2ccc(Br)s2)n1. The van der Waals surface area contributed by atoms with Gasteiger partial charge in [-0.1, -0.05) is 12.1 Å². The van der Waals surface area contributed by atoms with E-state index in [4.69, 9.17) is 4.52 Å². The Kier molecular flexibility index (Phi) is 3.18. The third-order valence-corrected chi connectivity index (χ3v) is 3.52. The van der Waals surface area contributed by atoms with Crippen LogP contribution in [-0.4, -0.2) is 15.2 Å². The number of hydrogen-bond acceptors (Lipinski definition) is 5. The number of aliphatic hydroxyl groups is 1. The molecule has 0 saturated heterocycles. The molecule has 0 aliphatic rings. The van der Waals surface area contributed by atoms with Crippen LogP contribution in [0, 0.1) is 0 Å². The van der Waals surface area contributed by atoms with Crippen LogP contribution in [-0.2, 0) is 0 Å². The Morgan fingerprint density at radius 2 is 2.40 bits per heavy atom. The van der Waals surface area contributed by atoms with E-state index in [0.29, 0.717) is 18.1 Å². The van der Waals surface area contributed by atoms with E-state index in [1.165, 1.54) is 11.3 Å². The maximum Gasteiger partial charge on any atom is 0.268 e. The van der Waals surface area contributed by atoms with E-state index in [9.17, 15) is 5.11 Å². The van der Waals surface area contributed by atoms with Gasteiger partial charge in [-0.15, -0.1) is 11.3 Å². The molecule has 1 N–H and O–H groups in total. The van der Waals surface area contributed by atoms with E-state index in [0.717, 1.165) is 8.66 Å². The van der Waals surface area contributed by atoms with E-state index < -0.39 is 6.10 Å². The molecule has 0 radical (unpaired) electrons. The van der Waals surface area contributed by atoms with Crippen molar-refractivity contribution >= 4 is 27.3 Å². The molecule has 80 valence electrons. The van der Waals surface area contributed by atoms with Gasteiger partial charge in [0, 0.05) is 0 Å². The lowest BCUT2D eigenvalue weighted by Crippen LogP contribution is -1.97. The predicted octanol–water partition coefficient (Wildman–Crippen LogP) is 3.00.